The Labute approximate surface area is 121 Å². The van der Waals surface area contributed by atoms with Crippen molar-refractivity contribution in [1.82, 2.24) is 25.2 Å². The van der Waals surface area contributed by atoms with E-state index in [0.717, 1.165) is 17.0 Å². The standard InChI is InChI=1S/C14H15N5O2/c1-3-20-12-6-4-11(5-7-12)13-8-19(18-16-13)9-14-17-15-10(2)21-14/h4-8H,3,9H2,1-2H3. The Morgan fingerprint density at radius 3 is 2.62 bits per heavy atom. The summed E-state index contributed by atoms with van der Waals surface area (Å²) < 4.78 is 12.4. The second-order valence-corrected chi connectivity index (χ2v) is 4.47. The van der Waals surface area contributed by atoms with Crippen LogP contribution in [0.4, 0.5) is 0 Å². The first-order valence-corrected chi connectivity index (χ1v) is 6.67. The van der Waals surface area contributed by atoms with Crippen LogP contribution >= 0.6 is 0 Å². The number of hydrogen-bond acceptors (Lipinski definition) is 6. The molecule has 108 valence electrons. The summed E-state index contributed by atoms with van der Waals surface area (Å²) in [6, 6.07) is 7.74. The quantitative estimate of drug-likeness (QED) is 0.714. The van der Waals surface area contributed by atoms with Crippen molar-refractivity contribution >= 4 is 0 Å². The molecular formula is C14H15N5O2. The third-order valence-corrected chi connectivity index (χ3v) is 2.86. The maximum atomic E-state index is 5.41. The second-order valence-electron chi connectivity index (χ2n) is 4.47. The van der Waals surface area contributed by atoms with E-state index in [0.29, 0.717) is 24.9 Å². The molecular weight excluding hydrogens is 270 g/mol. The Morgan fingerprint density at radius 1 is 1.14 bits per heavy atom. The van der Waals surface area contributed by atoms with Crippen molar-refractivity contribution in [3.63, 3.8) is 0 Å². The number of hydrogen-bond donors (Lipinski definition) is 0. The molecule has 0 atom stereocenters. The highest BCUT2D eigenvalue weighted by Gasteiger charge is 2.08. The van der Waals surface area contributed by atoms with Crippen LogP contribution in [0, 0.1) is 6.92 Å². The summed E-state index contributed by atoms with van der Waals surface area (Å²) in [4.78, 5) is 0. The van der Waals surface area contributed by atoms with Gasteiger partial charge in [0.2, 0.25) is 11.8 Å². The summed E-state index contributed by atoms with van der Waals surface area (Å²) in [6.07, 6.45) is 1.84. The Bertz CT molecular complexity index is 717. The van der Waals surface area contributed by atoms with Gasteiger partial charge in [-0.25, -0.2) is 4.68 Å². The van der Waals surface area contributed by atoms with E-state index in [-0.39, 0.29) is 0 Å². The van der Waals surface area contributed by atoms with Crippen LogP contribution in [0.2, 0.25) is 0 Å². The van der Waals surface area contributed by atoms with Gasteiger partial charge in [-0.2, -0.15) is 0 Å². The summed E-state index contributed by atoms with van der Waals surface area (Å²) >= 11 is 0. The SMILES string of the molecule is CCOc1ccc(-c2cn(Cc3nnc(C)o3)nn2)cc1. The summed E-state index contributed by atoms with van der Waals surface area (Å²) in [5.74, 6) is 1.89. The predicted octanol–water partition coefficient (Wildman–Crippen LogP) is 2.08. The number of aryl methyl sites for hydroxylation is 1. The molecule has 7 heteroatoms. The van der Waals surface area contributed by atoms with Gasteiger partial charge in [-0.3, -0.25) is 0 Å². The minimum Gasteiger partial charge on any atom is -0.494 e. The Kier molecular flexibility index (Phi) is 3.63. The van der Waals surface area contributed by atoms with E-state index in [1.54, 1.807) is 11.6 Å². The highest BCUT2D eigenvalue weighted by atomic mass is 16.5. The normalized spacial score (nSPS) is 10.8. The third kappa shape index (κ3) is 3.07. The predicted molar refractivity (Wildman–Crippen MR) is 74.8 cm³/mol. The topological polar surface area (TPSA) is 78.9 Å². The van der Waals surface area contributed by atoms with Gasteiger partial charge in [0.25, 0.3) is 0 Å². The summed E-state index contributed by atoms with van der Waals surface area (Å²) in [6.45, 7) is 4.77. The first kappa shape index (κ1) is 13.3. The Hall–Kier alpha value is -2.70. The first-order valence-electron chi connectivity index (χ1n) is 6.67. The molecule has 0 spiro atoms. The fourth-order valence-corrected chi connectivity index (χ4v) is 1.94. The van der Waals surface area contributed by atoms with Gasteiger partial charge in [0.15, 0.2) is 0 Å². The maximum Gasteiger partial charge on any atom is 0.237 e. The molecule has 2 heterocycles. The molecule has 0 aliphatic rings. The lowest BCUT2D eigenvalue weighted by Gasteiger charge is -2.02. The van der Waals surface area contributed by atoms with E-state index in [4.69, 9.17) is 9.15 Å². The average molecular weight is 285 g/mol. The summed E-state index contributed by atoms with van der Waals surface area (Å²) in [7, 11) is 0. The molecule has 0 saturated carbocycles. The molecule has 3 rings (SSSR count). The van der Waals surface area contributed by atoms with Gasteiger partial charge in [-0.15, -0.1) is 15.3 Å². The zero-order chi connectivity index (χ0) is 14.7. The molecule has 0 amide bonds. The van der Waals surface area contributed by atoms with Crippen LogP contribution < -0.4 is 4.74 Å². The van der Waals surface area contributed by atoms with Crippen molar-refractivity contribution in [3.05, 3.63) is 42.2 Å². The monoisotopic (exact) mass is 285 g/mol. The van der Waals surface area contributed by atoms with Gasteiger partial charge in [-0.05, 0) is 31.2 Å². The van der Waals surface area contributed by atoms with Crippen LogP contribution in [0.25, 0.3) is 11.3 Å². The van der Waals surface area contributed by atoms with E-state index in [1.165, 1.54) is 0 Å². The maximum absolute atomic E-state index is 5.41. The van der Waals surface area contributed by atoms with E-state index in [2.05, 4.69) is 20.5 Å². The first-order chi connectivity index (χ1) is 10.2. The number of aromatic nitrogens is 5. The molecule has 7 nitrogen and oxygen atoms in total. The van der Waals surface area contributed by atoms with E-state index >= 15 is 0 Å². The Morgan fingerprint density at radius 2 is 1.95 bits per heavy atom. The van der Waals surface area contributed by atoms with Gasteiger partial charge in [-0.1, -0.05) is 5.21 Å². The molecule has 0 radical (unpaired) electrons. The van der Waals surface area contributed by atoms with Gasteiger partial charge in [0.05, 0.1) is 12.8 Å². The Balaban J connectivity index is 1.74. The lowest BCUT2D eigenvalue weighted by molar-refractivity contribution is 0.340. The highest BCUT2D eigenvalue weighted by molar-refractivity contribution is 5.58. The fraction of sp³-hybridized carbons (Fsp3) is 0.286. The molecule has 0 N–H and O–H groups in total. The zero-order valence-corrected chi connectivity index (χ0v) is 11.9. The largest absolute Gasteiger partial charge is 0.494 e. The van der Waals surface area contributed by atoms with Crippen LogP contribution in [0.3, 0.4) is 0 Å². The number of nitrogens with zero attached hydrogens (tertiary/aromatic N) is 5. The molecule has 3 aromatic rings. The van der Waals surface area contributed by atoms with Gasteiger partial charge >= 0.3 is 0 Å². The summed E-state index contributed by atoms with van der Waals surface area (Å²) in [5, 5.41) is 15.9. The lowest BCUT2D eigenvalue weighted by Crippen LogP contribution is -2.00. The molecule has 1 aromatic carbocycles. The van der Waals surface area contributed by atoms with E-state index < -0.39 is 0 Å². The van der Waals surface area contributed by atoms with Crippen LogP contribution in [-0.4, -0.2) is 31.8 Å². The van der Waals surface area contributed by atoms with E-state index in [1.807, 2.05) is 37.4 Å². The third-order valence-electron chi connectivity index (χ3n) is 2.86. The zero-order valence-electron chi connectivity index (χ0n) is 11.9. The molecule has 0 saturated heterocycles. The molecule has 0 aliphatic carbocycles. The molecule has 0 bridgehead atoms. The van der Waals surface area contributed by atoms with Crippen molar-refractivity contribution in [2.24, 2.45) is 0 Å². The average Bonchev–Trinajstić information content (AvgIpc) is 3.10. The van der Waals surface area contributed by atoms with Crippen LogP contribution in [0.5, 0.6) is 5.75 Å². The molecule has 0 fully saturated rings. The van der Waals surface area contributed by atoms with Gasteiger partial charge in [0.1, 0.15) is 18.0 Å². The minimum absolute atomic E-state index is 0.408. The van der Waals surface area contributed by atoms with Crippen LogP contribution in [-0.2, 0) is 6.54 Å². The molecule has 0 unspecified atom stereocenters. The van der Waals surface area contributed by atoms with Crippen molar-refractivity contribution < 1.29 is 9.15 Å². The molecule has 2 aromatic heterocycles. The number of rotatable bonds is 5. The second kappa shape index (κ2) is 5.74. The molecule has 0 aliphatic heterocycles. The molecule has 21 heavy (non-hydrogen) atoms. The van der Waals surface area contributed by atoms with Crippen molar-refractivity contribution in [3.8, 4) is 17.0 Å². The highest BCUT2D eigenvalue weighted by Crippen LogP contribution is 2.20. The smallest absolute Gasteiger partial charge is 0.237 e. The fourth-order valence-electron chi connectivity index (χ4n) is 1.94. The van der Waals surface area contributed by atoms with Crippen molar-refractivity contribution in [2.75, 3.05) is 6.61 Å². The van der Waals surface area contributed by atoms with Crippen molar-refractivity contribution in [2.45, 2.75) is 20.4 Å². The summed E-state index contributed by atoms with van der Waals surface area (Å²) in [5.41, 5.74) is 1.76. The van der Waals surface area contributed by atoms with Gasteiger partial charge < -0.3 is 9.15 Å². The van der Waals surface area contributed by atoms with Gasteiger partial charge in [0, 0.05) is 12.5 Å². The minimum atomic E-state index is 0.408. The van der Waals surface area contributed by atoms with Crippen LogP contribution in [0.15, 0.2) is 34.9 Å². The lowest BCUT2D eigenvalue weighted by atomic mass is 10.2. The van der Waals surface area contributed by atoms with Crippen LogP contribution in [0.1, 0.15) is 18.7 Å². The van der Waals surface area contributed by atoms with E-state index in [9.17, 15) is 0 Å². The number of ether oxygens (including phenoxy) is 1. The number of benzene rings is 1. The van der Waals surface area contributed by atoms with Crippen molar-refractivity contribution in [1.29, 1.82) is 0 Å².